The molecule has 4 amide bonds. The van der Waals surface area contributed by atoms with Crippen molar-refractivity contribution in [1.82, 2.24) is 20.9 Å². The number of rotatable bonds is 10. The van der Waals surface area contributed by atoms with Crippen molar-refractivity contribution >= 4 is 52.6 Å². The molecule has 1 aromatic carbocycles. The fourth-order valence-electron chi connectivity index (χ4n) is 6.14. The predicted octanol–water partition coefficient (Wildman–Crippen LogP) is 2.10. The van der Waals surface area contributed by atoms with Crippen molar-refractivity contribution in [2.24, 2.45) is 23.2 Å². The van der Waals surface area contributed by atoms with Gasteiger partial charge in [-0.25, -0.2) is 0 Å². The summed E-state index contributed by atoms with van der Waals surface area (Å²) in [6, 6.07) is 2.63. The Balaban J connectivity index is 1.33. The van der Waals surface area contributed by atoms with E-state index in [2.05, 4.69) is 16.0 Å². The number of likely N-dealkylation sites (tertiary alicyclic amines) is 1. The third-order valence-electron chi connectivity index (χ3n) is 8.76. The van der Waals surface area contributed by atoms with Crippen LogP contribution < -0.4 is 20.7 Å². The average Bonchev–Trinajstić information content (AvgIpc) is 3.66. The highest BCUT2D eigenvalue weighted by atomic mass is 35.5. The molecule has 216 valence electrons. The van der Waals surface area contributed by atoms with Crippen molar-refractivity contribution in [1.29, 1.82) is 0 Å². The molecule has 0 spiro atoms. The molecule has 5 rings (SSSR count). The number of hydrogen-bond acceptors (Lipinski definition) is 6. The van der Waals surface area contributed by atoms with Gasteiger partial charge in [0.2, 0.25) is 17.6 Å². The summed E-state index contributed by atoms with van der Waals surface area (Å²) in [6.07, 6.45) is 1.19. The second kappa shape index (κ2) is 10.9. The summed E-state index contributed by atoms with van der Waals surface area (Å²) < 4.78 is 5.83. The number of fused-ring (bicyclic) bond motifs is 1. The first-order valence-electron chi connectivity index (χ1n) is 13.7. The smallest absolute Gasteiger partial charge is 0.289 e. The maximum absolute atomic E-state index is 13.8. The standard InChI is InChI=1S/C28H34Cl2N4O6/c1-13(40-20-7-4-15(29)11-18(20)30)27(39)34-12-17-21(28(17,2)3)22(34)25(37)33-19(10-14-8-9-31-24(14)36)23(35)26(38)32-16-5-6-16/h4,7,11,13-14,16-17,19,21-22H,5-6,8-10,12H2,1-3H3,(H,31,36)(H,32,38)(H,33,37)/t13-,14-,17-,19-,21-,22-/m0/s1. The van der Waals surface area contributed by atoms with E-state index in [1.165, 1.54) is 11.0 Å². The van der Waals surface area contributed by atoms with Crippen LogP contribution >= 0.6 is 23.2 Å². The van der Waals surface area contributed by atoms with Crippen molar-refractivity contribution in [3.63, 3.8) is 0 Å². The van der Waals surface area contributed by atoms with E-state index in [9.17, 15) is 24.0 Å². The van der Waals surface area contributed by atoms with E-state index in [0.29, 0.717) is 30.3 Å². The van der Waals surface area contributed by atoms with Crippen LogP contribution in [0.1, 0.15) is 46.5 Å². The minimum absolute atomic E-state index is 0.0151. The van der Waals surface area contributed by atoms with E-state index >= 15 is 0 Å². The molecular weight excluding hydrogens is 559 g/mol. The summed E-state index contributed by atoms with van der Waals surface area (Å²) in [5.41, 5.74) is -0.170. The van der Waals surface area contributed by atoms with Crippen LogP contribution in [0.25, 0.3) is 0 Å². The summed E-state index contributed by atoms with van der Waals surface area (Å²) in [6.45, 7) is 6.52. The number of carbonyl (C=O) groups is 5. The molecule has 2 aliphatic heterocycles. The van der Waals surface area contributed by atoms with E-state index in [-0.39, 0.29) is 40.6 Å². The molecule has 3 N–H and O–H groups in total. The summed E-state index contributed by atoms with van der Waals surface area (Å²) in [5, 5.41) is 8.86. The molecule has 2 heterocycles. The van der Waals surface area contributed by atoms with Crippen LogP contribution in [0.4, 0.5) is 0 Å². The number of halogens is 2. The summed E-state index contributed by atoms with van der Waals surface area (Å²) >= 11 is 12.2. The third kappa shape index (κ3) is 5.65. The monoisotopic (exact) mass is 592 g/mol. The zero-order valence-corrected chi connectivity index (χ0v) is 24.2. The van der Waals surface area contributed by atoms with Gasteiger partial charge >= 0.3 is 0 Å². The Morgan fingerprint density at radius 2 is 1.90 bits per heavy atom. The number of benzene rings is 1. The van der Waals surface area contributed by atoms with Gasteiger partial charge in [-0.15, -0.1) is 0 Å². The molecule has 10 nitrogen and oxygen atoms in total. The van der Waals surface area contributed by atoms with Crippen LogP contribution in [0.5, 0.6) is 5.75 Å². The molecule has 0 bridgehead atoms. The largest absolute Gasteiger partial charge is 0.479 e. The number of nitrogens with zero attached hydrogens (tertiary/aromatic N) is 1. The van der Waals surface area contributed by atoms with E-state index in [4.69, 9.17) is 27.9 Å². The Labute approximate surface area is 242 Å². The minimum atomic E-state index is -1.18. The van der Waals surface area contributed by atoms with Crippen molar-refractivity contribution in [2.45, 2.75) is 70.7 Å². The fourth-order valence-corrected chi connectivity index (χ4v) is 6.60. The molecule has 4 fully saturated rings. The normalized spacial score (nSPS) is 27.7. The Morgan fingerprint density at radius 1 is 1.18 bits per heavy atom. The molecule has 0 unspecified atom stereocenters. The first kappa shape index (κ1) is 28.7. The second-order valence-corrected chi connectivity index (χ2v) is 12.8. The molecule has 1 aromatic rings. The molecule has 2 saturated heterocycles. The summed E-state index contributed by atoms with van der Waals surface area (Å²) in [4.78, 5) is 67.0. The molecular formula is C28H34Cl2N4O6. The quantitative estimate of drug-likeness (QED) is 0.356. The van der Waals surface area contributed by atoms with E-state index in [0.717, 1.165) is 12.8 Å². The van der Waals surface area contributed by atoms with Crippen molar-refractivity contribution < 1.29 is 28.7 Å². The Kier molecular flexibility index (Phi) is 7.78. The number of piperidine rings is 1. The summed E-state index contributed by atoms with van der Waals surface area (Å²) in [7, 11) is 0. The molecule has 4 aliphatic rings. The zero-order chi connectivity index (χ0) is 28.9. The number of nitrogens with one attached hydrogen (secondary N) is 3. The number of ether oxygens (including phenoxy) is 1. The lowest BCUT2D eigenvalue weighted by Crippen LogP contribution is -2.57. The number of Topliss-reactive ketones (excluding diaryl/α,β-unsaturated/α-hetero) is 1. The molecule has 12 heteroatoms. The lowest BCUT2D eigenvalue weighted by atomic mass is 9.94. The van der Waals surface area contributed by atoms with Crippen LogP contribution in [-0.4, -0.2) is 71.6 Å². The highest BCUT2D eigenvalue weighted by molar-refractivity contribution is 6.38. The van der Waals surface area contributed by atoms with E-state index in [1.54, 1.807) is 19.1 Å². The van der Waals surface area contributed by atoms with Crippen LogP contribution in [0.15, 0.2) is 18.2 Å². The number of carbonyl (C=O) groups excluding carboxylic acids is 5. The van der Waals surface area contributed by atoms with Gasteiger partial charge in [-0.3, -0.25) is 24.0 Å². The van der Waals surface area contributed by atoms with Gasteiger partial charge in [-0.2, -0.15) is 0 Å². The van der Waals surface area contributed by atoms with Crippen LogP contribution in [0.2, 0.25) is 10.0 Å². The first-order valence-corrected chi connectivity index (χ1v) is 14.5. The highest BCUT2D eigenvalue weighted by Gasteiger charge is 2.69. The van der Waals surface area contributed by atoms with Gasteiger partial charge in [-0.05, 0) is 68.1 Å². The van der Waals surface area contributed by atoms with Crippen molar-refractivity contribution in [3.05, 3.63) is 28.2 Å². The van der Waals surface area contributed by atoms with Crippen LogP contribution in [-0.2, 0) is 24.0 Å². The molecule has 0 radical (unpaired) electrons. The van der Waals surface area contributed by atoms with Gasteiger partial charge < -0.3 is 25.6 Å². The molecule has 40 heavy (non-hydrogen) atoms. The third-order valence-corrected chi connectivity index (χ3v) is 9.29. The summed E-state index contributed by atoms with van der Waals surface area (Å²) in [5.74, 6) is -2.87. The van der Waals surface area contributed by atoms with Crippen LogP contribution in [0.3, 0.4) is 0 Å². The molecule has 0 aromatic heterocycles. The van der Waals surface area contributed by atoms with Gasteiger partial charge in [0.25, 0.3) is 11.8 Å². The number of ketones is 1. The van der Waals surface area contributed by atoms with Crippen molar-refractivity contribution in [2.75, 3.05) is 13.1 Å². The lowest BCUT2D eigenvalue weighted by molar-refractivity contribution is -0.146. The van der Waals surface area contributed by atoms with Gasteiger partial charge in [-0.1, -0.05) is 37.0 Å². The van der Waals surface area contributed by atoms with Crippen molar-refractivity contribution in [3.8, 4) is 5.75 Å². The molecule has 6 atom stereocenters. The van der Waals surface area contributed by atoms with E-state index < -0.39 is 47.6 Å². The maximum Gasteiger partial charge on any atom is 0.289 e. The SMILES string of the molecule is C[C@H](Oc1ccc(Cl)cc1Cl)C(=O)N1C[C@H]2[C@@H]([C@H]1C(=O)N[C@@H](C[C@@H]1CCNC1=O)C(=O)C(=O)NC1CC1)C2(C)C. The first-order chi connectivity index (χ1) is 18.9. The van der Waals surface area contributed by atoms with Crippen LogP contribution in [0, 0.1) is 23.2 Å². The fraction of sp³-hybridized carbons (Fsp3) is 0.607. The highest BCUT2D eigenvalue weighted by Crippen LogP contribution is 2.65. The predicted molar refractivity (Wildman–Crippen MR) is 147 cm³/mol. The minimum Gasteiger partial charge on any atom is -0.479 e. The van der Waals surface area contributed by atoms with Gasteiger partial charge in [0, 0.05) is 30.1 Å². The zero-order valence-electron chi connectivity index (χ0n) is 22.7. The Morgan fingerprint density at radius 3 is 2.52 bits per heavy atom. The molecule has 2 saturated carbocycles. The van der Waals surface area contributed by atoms with E-state index in [1.807, 2.05) is 13.8 Å². The van der Waals surface area contributed by atoms with Gasteiger partial charge in [0.1, 0.15) is 11.8 Å². The average molecular weight is 594 g/mol. The van der Waals surface area contributed by atoms with Gasteiger partial charge in [0.05, 0.1) is 11.1 Å². The molecule has 2 aliphatic carbocycles. The Hall–Kier alpha value is -2.85. The maximum atomic E-state index is 13.8. The number of amides is 4. The van der Waals surface area contributed by atoms with Gasteiger partial charge in [0.15, 0.2) is 6.10 Å². The number of hydrogen-bond donors (Lipinski definition) is 3. The Bertz CT molecular complexity index is 1250. The lowest BCUT2D eigenvalue weighted by Gasteiger charge is -2.33. The topological polar surface area (TPSA) is 134 Å². The second-order valence-electron chi connectivity index (χ2n) is 11.9.